The molecule has 0 aliphatic carbocycles. The first-order valence-corrected chi connectivity index (χ1v) is 7.34. The molecule has 0 atom stereocenters. The first-order valence-electron chi connectivity index (χ1n) is 6.96. The summed E-state index contributed by atoms with van der Waals surface area (Å²) in [5.41, 5.74) is 1.72. The van der Waals surface area contributed by atoms with Gasteiger partial charge in [0.15, 0.2) is 5.82 Å². The smallest absolute Gasteiger partial charge is 0.249 e. The molecule has 0 unspecified atom stereocenters. The van der Waals surface area contributed by atoms with Gasteiger partial charge in [0.1, 0.15) is 11.6 Å². The Morgan fingerprint density at radius 2 is 1.88 bits per heavy atom. The van der Waals surface area contributed by atoms with E-state index in [4.69, 9.17) is 11.6 Å². The largest absolute Gasteiger partial charge is 0.336 e. The monoisotopic (exact) mass is 347 g/mol. The van der Waals surface area contributed by atoms with Gasteiger partial charge in [0.05, 0.1) is 11.9 Å². The highest BCUT2D eigenvalue weighted by Gasteiger charge is 2.07. The van der Waals surface area contributed by atoms with Crippen LogP contribution in [0.15, 0.2) is 42.6 Å². The molecule has 0 amide bonds. The van der Waals surface area contributed by atoms with Crippen LogP contribution in [0.2, 0.25) is 5.02 Å². The molecule has 0 radical (unpaired) electrons. The Balaban J connectivity index is 1.79. The zero-order chi connectivity index (χ0) is 17.1. The van der Waals surface area contributed by atoms with Gasteiger partial charge in [-0.3, -0.25) is 0 Å². The van der Waals surface area contributed by atoms with Crippen LogP contribution >= 0.6 is 11.6 Å². The number of benzene rings is 2. The Morgan fingerprint density at radius 1 is 1.04 bits per heavy atom. The molecule has 1 aromatic heterocycles. The highest BCUT2D eigenvalue weighted by molar-refractivity contribution is 6.31. The lowest BCUT2D eigenvalue weighted by Gasteiger charge is -2.09. The van der Waals surface area contributed by atoms with Crippen LogP contribution in [0.25, 0.3) is 0 Å². The lowest BCUT2D eigenvalue weighted by molar-refractivity contribution is 0.586. The van der Waals surface area contributed by atoms with Gasteiger partial charge in [-0.15, -0.1) is 5.10 Å². The van der Waals surface area contributed by atoms with Gasteiger partial charge in [-0.25, -0.2) is 8.78 Å². The summed E-state index contributed by atoms with van der Waals surface area (Å²) in [5, 5.41) is 13.9. The normalized spacial score (nSPS) is 10.5. The van der Waals surface area contributed by atoms with Crippen molar-refractivity contribution in [2.75, 3.05) is 10.6 Å². The van der Waals surface area contributed by atoms with Gasteiger partial charge in [-0.1, -0.05) is 17.7 Å². The van der Waals surface area contributed by atoms with E-state index in [-0.39, 0.29) is 17.5 Å². The van der Waals surface area contributed by atoms with Gasteiger partial charge in [0, 0.05) is 16.8 Å². The zero-order valence-electron chi connectivity index (χ0n) is 12.5. The summed E-state index contributed by atoms with van der Waals surface area (Å²) >= 11 is 6.07. The fourth-order valence-electron chi connectivity index (χ4n) is 1.95. The summed E-state index contributed by atoms with van der Waals surface area (Å²) < 4.78 is 26.6. The summed E-state index contributed by atoms with van der Waals surface area (Å²) in [6.07, 6.45) is 1.33. The molecule has 0 saturated heterocycles. The lowest BCUT2D eigenvalue weighted by atomic mass is 10.2. The minimum atomic E-state index is -0.728. The second-order valence-corrected chi connectivity index (χ2v) is 5.41. The van der Waals surface area contributed by atoms with Crippen LogP contribution < -0.4 is 10.6 Å². The maximum atomic E-state index is 13.7. The van der Waals surface area contributed by atoms with Crippen molar-refractivity contribution in [1.82, 2.24) is 15.2 Å². The van der Waals surface area contributed by atoms with Gasteiger partial charge in [0.2, 0.25) is 5.95 Å². The number of nitrogens with zero attached hydrogens (tertiary/aromatic N) is 3. The van der Waals surface area contributed by atoms with E-state index in [9.17, 15) is 8.78 Å². The topological polar surface area (TPSA) is 62.7 Å². The van der Waals surface area contributed by atoms with E-state index in [0.29, 0.717) is 10.7 Å². The molecule has 0 saturated carbocycles. The molecule has 2 aromatic carbocycles. The van der Waals surface area contributed by atoms with E-state index in [0.717, 1.165) is 17.7 Å². The molecule has 122 valence electrons. The Morgan fingerprint density at radius 3 is 2.62 bits per heavy atom. The number of rotatable bonds is 4. The maximum Gasteiger partial charge on any atom is 0.249 e. The predicted molar refractivity (Wildman–Crippen MR) is 88.9 cm³/mol. The second kappa shape index (κ2) is 6.76. The Kier molecular flexibility index (Phi) is 4.52. The third-order valence-corrected chi connectivity index (χ3v) is 3.59. The molecule has 0 spiro atoms. The molecule has 24 heavy (non-hydrogen) atoms. The highest BCUT2D eigenvalue weighted by Crippen LogP contribution is 2.23. The van der Waals surface area contributed by atoms with E-state index in [1.165, 1.54) is 12.3 Å². The van der Waals surface area contributed by atoms with Crippen LogP contribution in [0.1, 0.15) is 5.56 Å². The van der Waals surface area contributed by atoms with Gasteiger partial charge in [-0.2, -0.15) is 10.1 Å². The van der Waals surface area contributed by atoms with Crippen LogP contribution in [0, 0.1) is 18.6 Å². The fraction of sp³-hybridized carbons (Fsp3) is 0.0625. The number of hydrogen-bond donors (Lipinski definition) is 2. The number of nitrogens with one attached hydrogen (secondary N) is 2. The molecule has 8 heteroatoms. The number of aromatic nitrogens is 3. The van der Waals surface area contributed by atoms with Gasteiger partial charge in [-0.05, 0) is 36.8 Å². The van der Waals surface area contributed by atoms with E-state index >= 15 is 0 Å². The maximum absolute atomic E-state index is 13.7. The molecule has 3 aromatic rings. The van der Waals surface area contributed by atoms with Crippen LogP contribution in [0.5, 0.6) is 0 Å². The van der Waals surface area contributed by atoms with Crippen molar-refractivity contribution in [2.24, 2.45) is 0 Å². The zero-order valence-corrected chi connectivity index (χ0v) is 13.3. The van der Waals surface area contributed by atoms with E-state index < -0.39 is 11.6 Å². The number of halogens is 3. The third kappa shape index (κ3) is 3.75. The summed E-state index contributed by atoms with van der Waals surface area (Å²) in [4.78, 5) is 4.18. The number of anilines is 4. The molecular formula is C16H12ClF2N5. The average Bonchev–Trinajstić information content (AvgIpc) is 2.54. The van der Waals surface area contributed by atoms with Crippen LogP contribution in [0.3, 0.4) is 0 Å². The molecule has 5 nitrogen and oxygen atoms in total. The molecule has 0 bridgehead atoms. The van der Waals surface area contributed by atoms with Crippen LogP contribution in [-0.2, 0) is 0 Å². The van der Waals surface area contributed by atoms with Gasteiger partial charge >= 0.3 is 0 Å². The molecule has 0 aliphatic rings. The fourth-order valence-corrected chi connectivity index (χ4v) is 2.13. The van der Waals surface area contributed by atoms with Crippen molar-refractivity contribution in [3.05, 3.63) is 64.8 Å². The highest BCUT2D eigenvalue weighted by atomic mass is 35.5. The number of hydrogen-bond acceptors (Lipinski definition) is 5. The summed E-state index contributed by atoms with van der Waals surface area (Å²) in [6.45, 7) is 1.89. The van der Waals surface area contributed by atoms with Gasteiger partial charge < -0.3 is 10.6 Å². The summed E-state index contributed by atoms with van der Waals surface area (Å²) in [5.74, 6) is -0.912. The quantitative estimate of drug-likeness (QED) is 0.722. The standard InChI is InChI=1S/C16H12ClF2N5/c1-9-2-4-11(7-12(9)17)21-16-23-15(8-20-24-16)22-14-5-3-10(18)6-13(14)19/h2-8H,1H3,(H2,21,22,23,24). The van der Waals surface area contributed by atoms with Crippen molar-refractivity contribution < 1.29 is 8.78 Å². The molecule has 2 N–H and O–H groups in total. The van der Waals surface area contributed by atoms with Crippen molar-refractivity contribution >= 4 is 34.7 Å². The second-order valence-electron chi connectivity index (χ2n) is 5.00. The van der Waals surface area contributed by atoms with E-state index in [1.807, 2.05) is 19.1 Å². The van der Waals surface area contributed by atoms with E-state index in [1.54, 1.807) is 6.07 Å². The Bertz CT molecular complexity index is 888. The first kappa shape index (κ1) is 16.1. The van der Waals surface area contributed by atoms with Crippen LogP contribution in [0.4, 0.5) is 31.9 Å². The Hall–Kier alpha value is -2.80. The van der Waals surface area contributed by atoms with Crippen molar-refractivity contribution in [1.29, 1.82) is 0 Å². The van der Waals surface area contributed by atoms with Crippen molar-refractivity contribution in [3.63, 3.8) is 0 Å². The lowest BCUT2D eigenvalue weighted by Crippen LogP contribution is -2.03. The minimum Gasteiger partial charge on any atom is -0.336 e. The minimum absolute atomic E-state index is 0.0845. The first-order chi connectivity index (χ1) is 11.5. The molecular weight excluding hydrogens is 336 g/mol. The van der Waals surface area contributed by atoms with Gasteiger partial charge in [0.25, 0.3) is 0 Å². The average molecular weight is 348 g/mol. The van der Waals surface area contributed by atoms with E-state index in [2.05, 4.69) is 25.8 Å². The predicted octanol–water partition coefficient (Wildman–Crippen LogP) is 4.60. The Labute approximate surface area is 141 Å². The number of aryl methyl sites for hydroxylation is 1. The molecule has 0 fully saturated rings. The summed E-state index contributed by atoms with van der Waals surface area (Å²) in [7, 11) is 0. The molecule has 3 rings (SSSR count). The van der Waals surface area contributed by atoms with Crippen LogP contribution in [-0.4, -0.2) is 15.2 Å². The van der Waals surface area contributed by atoms with Crippen molar-refractivity contribution in [3.8, 4) is 0 Å². The molecule has 1 heterocycles. The SMILES string of the molecule is Cc1ccc(Nc2nncc(Nc3ccc(F)cc3F)n2)cc1Cl. The van der Waals surface area contributed by atoms with Crippen molar-refractivity contribution in [2.45, 2.75) is 6.92 Å². The summed E-state index contributed by atoms with van der Waals surface area (Å²) in [6, 6.07) is 8.62. The third-order valence-electron chi connectivity index (χ3n) is 3.18. The molecule has 0 aliphatic heterocycles.